The highest BCUT2D eigenvalue weighted by molar-refractivity contribution is 6.06. The first-order valence-corrected chi connectivity index (χ1v) is 8.03. The molecule has 5 aliphatic rings. The van der Waals surface area contributed by atoms with Crippen molar-refractivity contribution in [1.29, 1.82) is 0 Å². The molecule has 1 N–H and O–H groups in total. The van der Waals surface area contributed by atoms with E-state index >= 15 is 0 Å². The maximum Gasteiger partial charge on any atom is 0.316 e. The molecule has 2 heterocycles. The van der Waals surface area contributed by atoms with Gasteiger partial charge in [0.1, 0.15) is 10.8 Å². The summed E-state index contributed by atoms with van der Waals surface area (Å²) >= 11 is 0. The molecule has 3 aliphatic carbocycles. The fourth-order valence-corrected chi connectivity index (χ4v) is 6.41. The number of carbonyl (C=O) groups is 2. The van der Waals surface area contributed by atoms with E-state index in [-0.39, 0.29) is 23.7 Å². The van der Waals surface area contributed by atoms with Gasteiger partial charge in [-0.1, -0.05) is 30.3 Å². The van der Waals surface area contributed by atoms with Crippen LogP contribution in [0.15, 0.2) is 30.3 Å². The van der Waals surface area contributed by atoms with Gasteiger partial charge in [0.15, 0.2) is 0 Å². The van der Waals surface area contributed by atoms with Crippen molar-refractivity contribution < 1.29 is 19.1 Å². The quantitative estimate of drug-likeness (QED) is 0.850. The lowest BCUT2D eigenvalue weighted by atomic mass is 9.70. The molecule has 1 amide bonds. The molecule has 5 heteroatoms. The van der Waals surface area contributed by atoms with E-state index in [1.165, 1.54) is 7.11 Å². The van der Waals surface area contributed by atoms with Crippen LogP contribution in [-0.4, -0.2) is 30.2 Å². The molecule has 6 atom stereocenters. The van der Waals surface area contributed by atoms with Crippen LogP contribution in [0.2, 0.25) is 0 Å². The summed E-state index contributed by atoms with van der Waals surface area (Å²) in [6, 6.07) is 9.77. The average Bonchev–Trinajstić information content (AvgIpc) is 3.07. The second kappa shape index (κ2) is 3.46. The van der Waals surface area contributed by atoms with Crippen LogP contribution in [0.5, 0.6) is 0 Å². The predicted octanol–water partition coefficient (Wildman–Crippen LogP) is 1.27. The Morgan fingerprint density at radius 1 is 1.13 bits per heavy atom. The predicted molar refractivity (Wildman–Crippen MR) is 80.0 cm³/mol. The van der Waals surface area contributed by atoms with Gasteiger partial charge in [-0.25, -0.2) is 0 Å². The highest BCUT2D eigenvalue weighted by Gasteiger charge is 3.19. The molecular weight excluding hydrogens is 294 g/mol. The minimum Gasteiger partial charge on any atom is -0.468 e. The van der Waals surface area contributed by atoms with Crippen LogP contribution in [0.4, 0.5) is 0 Å². The Morgan fingerprint density at radius 2 is 1.74 bits per heavy atom. The SMILES string of the molecule is COC(=O)C12C3C4C1(C(=O)NCc1ccccc1)[C@@]4(C)O[C@]32C. The van der Waals surface area contributed by atoms with Crippen molar-refractivity contribution in [1.82, 2.24) is 5.32 Å². The van der Waals surface area contributed by atoms with E-state index in [0.29, 0.717) is 6.54 Å². The van der Waals surface area contributed by atoms with Crippen LogP contribution in [-0.2, 0) is 25.6 Å². The number of hydrogen-bond acceptors (Lipinski definition) is 4. The van der Waals surface area contributed by atoms with Gasteiger partial charge in [-0.2, -0.15) is 0 Å². The molecule has 23 heavy (non-hydrogen) atoms. The molecule has 5 fully saturated rings. The molecule has 1 aromatic rings. The van der Waals surface area contributed by atoms with Gasteiger partial charge in [-0.3, -0.25) is 9.59 Å². The fraction of sp³-hybridized carbons (Fsp3) is 0.556. The zero-order chi connectivity index (χ0) is 16.3. The normalized spacial score (nSPS) is 49.7. The molecule has 2 bridgehead atoms. The number of benzene rings is 1. The van der Waals surface area contributed by atoms with Gasteiger partial charge in [0, 0.05) is 18.4 Å². The molecule has 2 aliphatic heterocycles. The maximum atomic E-state index is 13.0. The molecule has 6 rings (SSSR count). The van der Waals surface area contributed by atoms with Crippen molar-refractivity contribution in [3.63, 3.8) is 0 Å². The van der Waals surface area contributed by atoms with Crippen LogP contribution in [0, 0.1) is 22.7 Å². The average molecular weight is 313 g/mol. The lowest BCUT2D eigenvalue weighted by Gasteiger charge is -2.31. The molecule has 1 aromatic carbocycles. The van der Waals surface area contributed by atoms with Crippen molar-refractivity contribution in [2.24, 2.45) is 22.7 Å². The minimum absolute atomic E-state index is 0.0725. The van der Waals surface area contributed by atoms with Crippen molar-refractivity contribution in [3.05, 3.63) is 35.9 Å². The molecule has 0 aromatic heterocycles. The molecule has 4 unspecified atom stereocenters. The van der Waals surface area contributed by atoms with Crippen LogP contribution < -0.4 is 5.32 Å². The van der Waals surface area contributed by atoms with E-state index in [2.05, 4.69) is 5.32 Å². The number of rotatable bonds is 4. The van der Waals surface area contributed by atoms with Gasteiger partial charge in [-0.15, -0.1) is 0 Å². The first kappa shape index (κ1) is 13.5. The largest absolute Gasteiger partial charge is 0.468 e. The molecule has 0 radical (unpaired) electrons. The van der Waals surface area contributed by atoms with Crippen molar-refractivity contribution in [2.45, 2.75) is 31.6 Å². The summed E-state index contributed by atoms with van der Waals surface area (Å²) in [5.74, 6) is -0.0844. The molecule has 3 saturated carbocycles. The summed E-state index contributed by atoms with van der Waals surface area (Å²) in [5.41, 5.74) is -1.50. The third-order valence-corrected chi connectivity index (χ3v) is 7.06. The Labute approximate surface area is 134 Å². The highest BCUT2D eigenvalue weighted by Crippen LogP contribution is 3.07. The summed E-state index contributed by atoms with van der Waals surface area (Å²) in [4.78, 5) is 25.5. The van der Waals surface area contributed by atoms with Gasteiger partial charge in [-0.05, 0) is 19.4 Å². The van der Waals surface area contributed by atoms with Gasteiger partial charge >= 0.3 is 5.97 Å². The second-order valence-electron chi connectivity index (χ2n) is 7.55. The number of methoxy groups -OCH3 is 1. The third kappa shape index (κ3) is 0.980. The minimum atomic E-state index is -0.769. The number of carbonyl (C=O) groups excluding carboxylic acids is 2. The van der Waals surface area contributed by atoms with Gasteiger partial charge in [0.2, 0.25) is 5.91 Å². The maximum absolute atomic E-state index is 13.0. The zero-order valence-electron chi connectivity index (χ0n) is 13.4. The van der Waals surface area contributed by atoms with Crippen molar-refractivity contribution in [2.75, 3.05) is 7.11 Å². The number of ether oxygens (including phenoxy) is 2. The van der Waals surface area contributed by atoms with E-state index in [1.54, 1.807) is 0 Å². The summed E-state index contributed by atoms with van der Waals surface area (Å²) in [6.45, 7) is 4.38. The summed E-state index contributed by atoms with van der Waals surface area (Å²) in [7, 11) is 1.39. The molecule has 0 spiro atoms. The van der Waals surface area contributed by atoms with E-state index in [1.807, 2.05) is 44.2 Å². The highest BCUT2D eigenvalue weighted by atomic mass is 16.6. The number of hydrogen-bond donors (Lipinski definition) is 1. The first-order chi connectivity index (χ1) is 10.9. The van der Waals surface area contributed by atoms with Gasteiger partial charge < -0.3 is 14.8 Å². The fourth-order valence-electron chi connectivity index (χ4n) is 6.41. The smallest absolute Gasteiger partial charge is 0.316 e. The Hall–Kier alpha value is -1.88. The lowest BCUT2D eigenvalue weighted by molar-refractivity contribution is -0.160. The second-order valence-corrected chi connectivity index (χ2v) is 7.55. The van der Waals surface area contributed by atoms with Crippen molar-refractivity contribution >= 4 is 11.9 Å². The Kier molecular flexibility index (Phi) is 2.04. The summed E-state index contributed by atoms with van der Waals surface area (Å²) in [6.07, 6.45) is 0. The molecule has 2 saturated heterocycles. The molecular formula is C18H19NO4. The van der Waals surface area contributed by atoms with Crippen LogP contribution in [0.3, 0.4) is 0 Å². The molecule has 5 nitrogen and oxygen atoms in total. The van der Waals surface area contributed by atoms with E-state index in [4.69, 9.17) is 9.47 Å². The first-order valence-electron chi connectivity index (χ1n) is 8.03. The Bertz CT molecular complexity index is 764. The van der Waals surface area contributed by atoms with Crippen molar-refractivity contribution in [3.8, 4) is 0 Å². The molecule has 120 valence electrons. The Morgan fingerprint density at radius 3 is 2.30 bits per heavy atom. The van der Waals surface area contributed by atoms with Crippen LogP contribution in [0.1, 0.15) is 19.4 Å². The van der Waals surface area contributed by atoms with Crippen LogP contribution >= 0.6 is 0 Å². The van der Waals surface area contributed by atoms with E-state index < -0.39 is 22.0 Å². The lowest BCUT2D eigenvalue weighted by Crippen LogP contribution is -2.50. The standard InChI is InChI=1S/C18H19NO4/c1-15-11-12-16(2,23-15)18(12,14(21)22-3)17(11,15)13(20)19-9-10-7-5-4-6-8-10/h4-8,11-12H,9H2,1-3H3,(H,19,20)/t11?,12?,15-,16+,17?,18?/m0/s1. The van der Waals surface area contributed by atoms with Crippen LogP contribution in [0.25, 0.3) is 0 Å². The zero-order valence-corrected chi connectivity index (χ0v) is 13.4. The monoisotopic (exact) mass is 313 g/mol. The number of amides is 1. The van der Waals surface area contributed by atoms with E-state index in [0.717, 1.165) is 5.56 Å². The summed E-state index contributed by atoms with van der Waals surface area (Å²) < 4.78 is 11.2. The summed E-state index contributed by atoms with van der Waals surface area (Å²) in [5, 5.41) is 3.02. The topological polar surface area (TPSA) is 64.6 Å². The number of esters is 1. The number of nitrogens with one attached hydrogen (secondary N) is 1. The third-order valence-electron chi connectivity index (χ3n) is 7.06. The Balaban J connectivity index is 1.45. The van der Waals surface area contributed by atoms with Gasteiger partial charge in [0.25, 0.3) is 0 Å². The van der Waals surface area contributed by atoms with Gasteiger partial charge in [0.05, 0.1) is 18.3 Å². The van der Waals surface area contributed by atoms with E-state index in [9.17, 15) is 9.59 Å².